The van der Waals surface area contributed by atoms with E-state index in [1.165, 1.54) is 17.0 Å². The number of methoxy groups -OCH3 is 1. The number of anilines is 1. The lowest BCUT2D eigenvalue weighted by atomic mass is 10.0. The fraction of sp³-hybridized carbons (Fsp3) is 0.316. The molecule has 0 aliphatic heterocycles. The average Bonchev–Trinajstić information content (AvgIpc) is 3.60. The smallest absolute Gasteiger partial charge is 0.264 e. The Balaban J connectivity index is 1.60. The number of nitrogens with zero attached hydrogens (tertiary/aromatic N) is 2. The van der Waals surface area contributed by atoms with E-state index in [9.17, 15) is 18.0 Å². The topological polar surface area (TPSA) is 96.0 Å². The van der Waals surface area contributed by atoms with Gasteiger partial charge in [-0.15, -0.1) is 0 Å². The molecular formula is C38H42ClN3O5S. The van der Waals surface area contributed by atoms with Crippen LogP contribution in [-0.2, 0) is 32.6 Å². The summed E-state index contributed by atoms with van der Waals surface area (Å²) in [6, 6.07) is 27.4. The van der Waals surface area contributed by atoms with Gasteiger partial charge in [0.25, 0.3) is 10.0 Å². The van der Waals surface area contributed by atoms with Crippen LogP contribution in [0.4, 0.5) is 5.69 Å². The molecule has 1 unspecified atom stereocenters. The summed E-state index contributed by atoms with van der Waals surface area (Å²) in [4.78, 5) is 30.5. The van der Waals surface area contributed by atoms with Crippen molar-refractivity contribution in [1.29, 1.82) is 0 Å². The zero-order valence-corrected chi connectivity index (χ0v) is 29.1. The summed E-state index contributed by atoms with van der Waals surface area (Å²) < 4.78 is 35.3. The van der Waals surface area contributed by atoms with Gasteiger partial charge in [-0.25, -0.2) is 8.42 Å². The van der Waals surface area contributed by atoms with Gasteiger partial charge in [-0.05, 0) is 79.8 Å². The first kappa shape index (κ1) is 35.0. The first-order valence-electron chi connectivity index (χ1n) is 16.2. The lowest BCUT2D eigenvalue weighted by molar-refractivity contribution is -0.140. The molecule has 1 N–H and O–H groups in total. The quantitative estimate of drug-likeness (QED) is 0.166. The second-order valence-corrected chi connectivity index (χ2v) is 14.6. The van der Waals surface area contributed by atoms with E-state index in [0.29, 0.717) is 16.3 Å². The normalized spacial score (nSPS) is 13.9. The van der Waals surface area contributed by atoms with Crippen molar-refractivity contribution in [2.45, 2.75) is 69.5 Å². The molecule has 252 valence electrons. The Hall–Kier alpha value is -4.34. The second kappa shape index (κ2) is 15.7. The molecule has 4 aromatic carbocycles. The molecule has 1 aliphatic rings. The largest absolute Gasteiger partial charge is 0.497 e. The van der Waals surface area contributed by atoms with Crippen molar-refractivity contribution in [2.24, 2.45) is 0 Å². The van der Waals surface area contributed by atoms with Crippen LogP contribution >= 0.6 is 11.6 Å². The minimum Gasteiger partial charge on any atom is -0.497 e. The van der Waals surface area contributed by atoms with Crippen LogP contribution in [0.3, 0.4) is 0 Å². The Morgan fingerprint density at radius 1 is 0.896 bits per heavy atom. The minimum atomic E-state index is -4.24. The number of benzene rings is 4. The highest BCUT2D eigenvalue weighted by molar-refractivity contribution is 7.92. The molecule has 5 rings (SSSR count). The number of sulfonamides is 1. The first-order chi connectivity index (χ1) is 23.0. The predicted molar refractivity (Wildman–Crippen MR) is 190 cm³/mol. The van der Waals surface area contributed by atoms with Gasteiger partial charge in [0.1, 0.15) is 18.3 Å². The number of carbonyl (C=O) groups excluding carboxylic acids is 2. The number of amides is 2. The molecule has 0 aromatic heterocycles. The van der Waals surface area contributed by atoms with Gasteiger partial charge in [0.2, 0.25) is 11.8 Å². The van der Waals surface area contributed by atoms with E-state index in [0.717, 1.165) is 46.7 Å². The van der Waals surface area contributed by atoms with E-state index in [4.69, 9.17) is 16.3 Å². The van der Waals surface area contributed by atoms with E-state index in [-0.39, 0.29) is 35.5 Å². The average molecular weight is 688 g/mol. The highest BCUT2D eigenvalue weighted by Crippen LogP contribution is 2.31. The Bertz CT molecular complexity index is 1830. The number of aryl methyl sites for hydroxylation is 2. The Labute approximate surface area is 288 Å². The molecule has 0 heterocycles. The minimum absolute atomic E-state index is 0.0251. The summed E-state index contributed by atoms with van der Waals surface area (Å²) in [5.41, 5.74) is 3.43. The molecule has 1 atom stereocenters. The number of hydrogen-bond donors (Lipinski definition) is 1. The molecule has 2 amide bonds. The fourth-order valence-electron chi connectivity index (χ4n) is 6.09. The third-order valence-corrected chi connectivity index (χ3v) is 10.8. The van der Waals surface area contributed by atoms with Crippen LogP contribution in [0.1, 0.15) is 47.9 Å². The van der Waals surface area contributed by atoms with Crippen molar-refractivity contribution >= 4 is 39.1 Å². The van der Waals surface area contributed by atoms with Crippen molar-refractivity contribution < 1.29 is 22.7 Å². The first-order valence-corrected chi connectivity index (χ1v) is 18.0. The number of halogens is 1. The zero-order chi connectivity index (χ0) is 34.3. The van der Waals surface area contributed by atoms with Crippen LogP contribution in [0.25, 0.3) is 0 Å². The Kier molecular flexibility index (Phi) is 11.4. The Morgan fingerprint density at radius 2 is 1.58 bits per heavy atom. The maximum atomic E-state index is 14.8. The standard InChI is InChI=1S/C38H42ClN3O5S/c1-27-16-20-34(21-17-27)48(45,46)42(35-24-31(39)19-18-28(35)2)26-37(43)41(25-30-12-9-15-33(22-30)47-3)36(23-29-10-5-4-6-11-29)38(44)40-32-13-7-8-14-32/h4-6,9-12,15-22,24,32,36H,7-8,13-14,23,25-26H2,1-3H3,(H,40,44). The van der Waals surface area contributed by atoms with Crippen molar-refractivity contribution in [2.75, 3.05) is 18.0 Å². The Morgan fingerprint density at radius 3 is 2.27 bits per heavy atom. The van der Waals surface area contributed by atoms with Gasteiger partial charge in [0.05, 0.1) is 17.7 Å². The van der Waals surface area contributed by atoms with Crippen molar-refractivity contribution in [1.82, 2.24) is 10.2 Å². The molecule has 1 saturated carbocycles. The van der Waals surface area contributed by atoms with Gasteiger partial charge < -0.3 is 15.0 Å². The third-order valence-electron chi connectivity index (χ3n) is 8.79. The van der Waals surface area contributed by atoms with E-state index in [1.807, 2.05) is 61.5 Å². The van der Waals surface area contributed by atoms with Gasteiger partial charge in [0, 0.05) is 24.0 Å². The summed E-state index contributed by atoms with van der Waals surface area (Å²) >= 11 is 6.39. The van der Waals surface area contributed by atoms with Gasteiger partial charge in [-0.1, -0.05) is 90.7 Å². The molecule has 0 radical (unpaired) electrons. The SMILES string of the molecule is COc1cccc(CN(C(=O)CN(c2cc(Cl)ccc2C)S(=O)(=O)c2ccc(C)cc2)C(Cc2ccccc2)C(=O)NC2CCCC2)c1. The third kappa shape index (κ3) is 8.57. The number of ether oxygens (including phenoxy) is 1. The van der Waals surface area contributed by atoms with Gasteiger partial charge in [-0.3, -0.25) is 13.9 Å². The lowest BCUT2D eigenvalue weighted by Gasteiger charge is -2.34. The summed E-state index contributed by atoms with van der Waals surface area (Å²) in [6.07, 6.45) is 4.07. The molecule has 0 saturated heterocycles. The molecule has 4 aromatic rings. The highest BCUT2D eigenvalue weighted by Gasteiger charge is 2.36. The summed E-state index contributed by atoms with van der Waals surface area (Å²) in [5.74, 6) is -0.197. The summed E-state index contributed by atoms with van der Waals surface area (Å²) in [7, 11) is -2.67. The molecule has 10 heteroatoms. The molecule has 8 nitrogen and oxygen atoms in total. The molecule has 1 fully saturated rings. The second-order valence-electron chi connectivity index (χ2n) is 12.3. The van der Waals surface area contributed by atoms with Crippen molar-refractivity contribution in [3.63, 3.8) is 0 Å². The number of nitrogens with one attached hydrogen (secondary N) is 1. The number of carbonyl (C=O) groups is 2. The van der Waals surface area contributed by atoms with E-state index in [1.54, 1.807) is 44.4 Å². The number of hydrogen-bond acceptors (Lipinski definition) is 5. The van der Waals surface area contributed by atoms with Crippen LogP contribution < -0.4 is 14.4 Å². The van der Waals surface area contributed by atoms with Crippen LogP contribution in [0.2, 0.25) is 5.02 Å². The van der Waals surface area contributed by atoms with Crippen molar-refractivity contribution in [3.05, 3.63) is 124 Å². The molecule has 0 bridgehead atoms. The van der Waals surface area contributed by atoms with Crippen LogP contribution in [0.5, 0.6) is 5.75 Å². The number of rotatable bonds is 13. The van der Waals surface area contributed by atoms with Crippen LogP contribution in [-0.4, -0.2) is 50.9 Å². The van der Waals surface area contributed by atoms with Gasteiger partial charge in [-0.2, -0.15) is 0 Å². The van der Waals surface area contributed by atoms with Gasteiger partial charge in [0.15, 0.2) is 0 Å². The van der Waals surface area contributed by atoms with E-state index >= 15 is 0 Å². The molecular weight excluding hydrogens is 646 g/mol. The predicted octanol–water partition coefficient (Wildman–Crippen LogP) is 6.86. The summed E-state index contributed by atoms with van der Waals surface area (Å²) in [6.45, 7) is 3.15. The summed E-state index contributed by atoms with van der Waals surface area (Å²) in [5, 5.41) is 3.53. The van der Waals surface area contributed by atoms with Crippen LogP contribution in [0.15, 0.2) is 102 Å². The van der Waals surface area contributed by atoms with E-state index in [2.05, 4.69) is 5.32 Å². The van der Waals surface area contributed by atoms with Crippen LogP contribution in [0, 0.1) is 13.8 Å². The molecule has 48 heavy (non-hydrogen) atoms. The fourth-order valence-corrected chi connectivity index (χ4v) is 7.73. The monoisotopic (exact) mass is 687 g/mol. The van der Waals surface area contributed by atoms with Crippen molar-refractivity contribution in [3.8, 4) is 5.75 Å². The lowest BCUT2D eigenvalue weighted by Crippen LogP contribution is -2.54. The van der Waals surface area contributed by atoms with Gasteiger partial charge >= 0.3 is 0 Å². The molecule has 1 aliphatic carbocycles. The zero-order valence-electron chi connectivity index (χ0n) is 27.6. The molecule has 0 spiro atoms. The highest BCUT2D eigenvalue weighted by atomic mass is 35.5. The maximum Gasteiger partial charge on any atom is 0.264 e. The maximum absolute atomic E-state index is 14.8. The van der Waals surface area contributed by atoms with E-state index < -0.39 is 28.5 Å².